The molecular weight excluding hydrogens is 663 g/mol. The van der Waals surface area contributed by atoms with Gasteiger partial charge in [0.2, 0.25) is 0 Å². The molecule has 6 aromatic carbocycles. The standard InChI is InChI=1S/C54H59N/c1-36-31-40(41-32-42(52(2,3)4)34-43(33-41)53(5,6)7)23-29-47(36)39-21-26-45(27-22-39)55(44-24-19-38(20-25-44)37-15-11-10-12-16-37)46-28-30-49-48-17-13-14-18-50(48)54(8,9)51(49)35-46/h13-14,17-35,37H,10-12,15-16H2,1-9H3. The number of anilines is 3. The molecule has 1 fully saturated rings. The summed E-state index contributed by atoms with van der Waals surface area (Å²) in [6.45, 7) is 20.9. The highest BCUT2D eigenvalue weighted by molar-refractivity contribution is 5.86. The number of benzene rings is 6. The molecule has 8 rings (SSSR count). The topological polar surface area (TPSA) is 3.24 Å². The fourth-order valence-corrected chi connectivity index (χ4v) is 9.23. The third kappa shape index (κ3) is 7.08. The van der Waals surface area contributed by atoms with Crippen molar-refractivity contribution in [3.63, 3.8) is 0 Å². The van der Waals surface area contributed by atoms with Gasteiger partial charge >= 0.3 is 0 Å². The molecule has 0 radical (unpaired) electrons. The van der Waals surface area contributed by atoms with Crippen molar-refractivity contribution < 1.29 is 0 Å². The van der Waals surface area contributed by atoms with Gasteiger partial charge in [-0.25, -0.2) is 0 Å². The van der Waals surface area contributed by atoms with Crippen LogP contribution in [-0.2, 0) is 16.2 Å². The zero-order valence-electron chi connectivity index (χ0n) is 34.7. The minimum atomic E-state index is -0.0611. The molecule has 0 amide bonds. The third-order valence-corrected chi connectivity index (χ3v) is 12.7. The van der Waals surface area contributed by atoms with Gasteiger partial charge in [0.05, 0.1) is 0 Å². The lowest BCUT2D eigenvalue weighted by Crippen LogP contribution is -2.16. The molecule has 0 aliphatic heterocycles. The van der Waals surface area contributed by atoms with E-state index in [0.717, 1.165) is 0 Å². The predicted molar refractivity (Wildman–Crippen MR) is 238 cm³/mol. The largest absolute Gasteiger partial charge is 0.310 e. The van der Waals surface area contributed by atoms with Crippen molar-refractivity contribution in [1.29, 1.82) is 0 Å². The Balaban J connectivity index is 1.16. The van der Waals surface area contributed by atoms with Crippen LogP contribution in [0.15, 0.2) is 127 Å². The lowest BCUT2D eigenvalue weighted by Gasteiger charge is -2.29. The molecule has 0 bridgehead atoms. The Morgan fingerprint density at radius 3 is 1.65 bits per heavy atom. The highest BCUT2D eigenvalue weighted by Crippen LogP contribution is 2.51. The van der Waals surface area contributed by atoms with Gasteiger partial charge < -0.3 is 4.90 Å². The maximum atomic E-state index is 2.46. The van der Waals surface area contributed by atoms with Crippen molar-refractivity contribution in [3.05, 3.63) is 161 Å². The summed E-state index contributed by atoms with van der Waals surface area (Å²) >= 11 is 0. The first kappa shape index (κ1) is 37.1. The van der Waals surface area contributed by atoms with E-state index in [4.69, 9.17) is 0 Å². The quantitative estimate of drug-likeness (QED) is 0.165. The summed E-state index contributed by atoms with van der Waals surface area (Å²) in [6, 6.07) is 49.0. The van der Waals surface area contributed by atoms with E-state index in [1.54, 1.807) is 0 Å². The molecule has 0 heterocycles. The Kier molecular flexibility index (Phi) is 9.44. The van der Waals surface area contributed by atoms with Crippen LogP contribution in [0.1, 0.15) is 127 Å². The SMILES string of the molecule is Cc1cc(-c2cc(C(C)(C)C)cc(C(C)(C)C)c2)ccc1-c1ccc(N(c2ccc(C3CCCCC3)cc2)c2ccc3c(c2)C(C)(C)c2ccccc2-3)cc1. The van der Waals surface area contributed by atoms with E-state index in [9.17, 15) is 0 Å². The van der Waals surface area contributed by atoms with Gasteiger partial charge in [0, 0.05) is 22.5 Å². The van der Waals surface area contributed by atoms with Gasteiger partial charge in [-0.3, -0.25) is 0 Å². The maximum absolute atomic E-state index is 2.46. The van der Waals surface area contributed by atoms with Crippen molar-refractivity contribution >= 4 is 17.1 Å². The molecule has 55 heavy (non-hydrogen) atoms. The number of rotatable bonds is 6. The molecule has 2 aliphatic carbocycles. The second-order valence-corrected chi connectivity index (χ2v) is 19.0. The molecule has 0 aromatic heterocycles. The van der Waals surface area contributed by atoms with Gasteiger partial charge in [-0.2, -0.15) is 0 Å². The van der Waals surface area contributed by atoms with Crippen molar-refractivity contribution in [1.82, 2.24) is 0 Å². The zero-order chi connectivity index (χ0) is 38.7. The van der Waals surface area contributed by atoms with Gasteiger partial charge in [0.15, 0.2) is 0 Å². The highest BCUT2D eigenvalue weighted by atomic mass is 15.1. The molecule has 1 saturated carbocycles. The van der Waals surface area contributed by atoms with Crippen LogP contribution in [0.4, 0.5) is 17.1 Å². The monoisotopic (exact) mass is 721 g/mol. The van der Waals surface area contributed by atoms with E-state index in [1.807, 2.05) is 0 Å². The third-order valence-electron chi connectivity index (χ3n) is 12.7. The van der Waals surface area contributed by atoms with Crippen molar-refractivity contribution in [2.24, 2.45) is 0 Å². The molecular formula is C54H59N. The molecule has 0 saturated heterocycles. The number of aryl methyl sites for hydroxylation is 1. The molecule has 0 unspecified atom stereocenters. The van der Waals surface area contributed by atoms with Crippen LogP contribution in [0.5, 0.6) is 0 Å². The number of hydrogen-bond donors (Lipinski definition) is 0. The van der Waals surface area contributed by atoms with Crippen molar-refractivity contribution in [2.75, 3.05) is 4.90 Å². The van der Waals surface area contributed by atoms with Gasteiger partial charge in [0.25, 0.3) is 0 Å². The summed E-state index contributed by atoms with van der Waals surface area (Å²) in [5.41, 5.74) is 19.8. The first-order chi connectivity index (χ1) is 26.2. The summed E-state index contributed by atoms with van der Waals surface area (Å²) in [7, 11) is 0. The molecule has 0 N–H and O–H groups in total. The fraction of sp³-hybridized carbons (Fsp3) is 0.333. The van der Waals surface area contributed by atoms with E-state index < -0.39 is 0 Å². The smallest absolute Gasteiger partial charge is 0.0465 e. The summed E-state index contributed by atoms with van der Waals surface area (Å²) in [5, 5.41) is 0. The predicted octanol–water partition coefficient (Wildman–Crippen LogP) is 15.7. The molecule has 6 aromatic rings. The lowest BCUT2D eigenvalue weighted by molar-refractivity contribution is 0.443. The average molecular weight is 722 g/mol. The van der Waals surface area contributed by atoms with E-state index in [0.29, 0.717) is 5.92 Å². The Morgan fingerprint density at radius 1 is 0.491 bits per heavy atom. The molecule has 0 spiro atoms. The summed E-state index contributed by atoms with van der Waals surface area (Å²) < 4.78 is 0. The zero-order valence-corrected chi connectivity index (χ0v) is 34.7. The summed E-state index contributed by atoms with van der Waals surface area (Å²) in [5.74, 6) is 0.687. The average Bonchev–Trinajstić information content (AvgIpc) is 3.40. The van der Waals surface area contributed by atoms with E-state index in [1.165, 1.54) is 116 Å². The van der Waals surface area contributed by atoms with Crippen LogP contribution >= 0.6 is 0 Å². The van der Waals surface area contributed by atoms with Crippen LogP contribution in [0.3, 0.4) is 0 Å². The van der Waals surface area contributed by atoms with Crippen molar-refractivity contribution in [2.45, 2.75) is 117 Å². The van der Waals surface area contributed by atoms with E-state index >= 15 is 0 Å². The number of nitrogens with zero attached hydrogens (tertiary/aromatic N) is 1. The summed E-state index contributed by atoms with van der Waals surface area (Å²) in [6.07, 6.45) is 6.70. The van der Waals surface area contributed by atoms with Crippen LogP contribution in [0.25, 0.3) is 33.4 Å². The molecule has 2 aliphatic rings. The molecule has 1 nitrogen and oxygen atoms in total. The Bertz CT molecular complexity index is 2300. The van der Waals surface area contributed by atoms with Crippen molar-refractivity contribution in [3.8, 4) is 33.4 Å². The summed E-state index contributed by atoms with van der Waals surface area (Å²) in [4.78, 5) is 2.46. The van der Waals surface area contributed by atoms with Gasteiger partial charge in [-0.05, 0) is 140 Å². The van der Waals surface area contributed by atoms with Crippen LogP contribution in [0, 0.1) is 6.92 Å². The Morgan fingerprint density at radius 2 is 1.04 bits per heavy atom. The van der Waals surface area contributed by atoms with Crippen LogP contribution < -0.4 is 4.90 Å². The minimum Gasteiger partial charge on any atom is -0.310 e. The first-order valence-electron chi connectivity index (χ1n) is 20.7. The van der Waals surface area contributed by atoms with E-state index in [-0.39, 0.29) is 16.2 Å². The normalized spacial score (nSPS) is 15.4. The Labute approximate surface area is 331 Å². The molecule has 280 valence electrons. The maximum Gasteiger partial charge on any atom is 0.0465 e. The highest BCUT2D eigenvalue weighted by Gasteiger charge is 2.35. The molecule has 0 atom stereocenters. The first-order valence-corrected chi connectivity index (χ1v) is 20.7. The molecule has 1 heteroatoms. The Hall–Kier alpha value is -4.88. The minimum absolute atomic E-state index is 0.0611. The number of fused-ring (bicyclic) bond motifs is 3. The van der Waals surface area contributed by atoms with Gasteiger partial charge in [-0.1, -0.05) is 166 Å². The van der Waals surface area contributed by atoms with Crippen LogP contribution in [-0.4, -0.2) is 0 Å². The second-order valence-electron chi connectivity index (χ2n) is 19.0. The van der Waals surface area contributed by atoms with Gasteiger partial charge in [0.1, 0.15) is 0 Å². The fourth-order valence-electron chi connectivity index (χ4n) is 9.23. The van der Waals surface area contributed by atoms with Gasteiger partial charge in [-0.15, -0.1) is 0 Å². The second kappa shape index (κ2) is 14.0. The lowest BCUT2D eigenvalue weighted by atomic mass is 9.78. The van der Waals surface area contributed by atoms with Crippen LogP contribution in [0.2, 0.25) is 0 Å². The van der Waals surface area contributed by atoms with E-state index in [2.05, 4.69) is 195 Å². The number of hydrogen-bond acceptors (Lipinski definition) is 1.